The molecule has 1 N–H and O–H groups in total. The number of benzene rings is 1. The summed E-state index contributed by atoms with van der Waals surface area (Å²) in [5.74, 6) is 1.48. The van der Waals surface area contributed by atoms with Crippen molar-refractivity contribution in [1.82, 2.24) is 9.55 Å². The first-order valence-corrected chi connectivity index (χ1v) is 6.02. The average molecular weight is 267 g/mol. The number of aliphatic hydroxyl groups excluding tert-OH is 1. The van der Waals surface area contributed by atoms with E-state index in [1.807, 2.05) is 31.3 Å². The molecule has 0 aliphatic rings. The number of halogens is 1. The molecule has 18 heavy (non-hydrogen) atoms. The normalized spacial score (nSPS) is 10.7. The van der Waals surface area contributed by atoms with Gasteiger partial charge in [0.15, 0.2) is 0 Å². The minimum Gasteiger partial charge on any atom is -0.496 e. The number of ether oxygens (including phenoxy) is 1. The first-order valence-electron chi connectivity index (χ1n) is 5.64. The molecule has 1 aromatic carbocycles. The SMILES string of the molecule is COc1ccccc1-c1nc(CCO)c(Cl)n1C. The van der Waals surface area contributed by atoms with Gasteiger partial charge in [-0.2, -0.15) is 0 Å². The third-order valence-corrected chi connectivity index (χ3v) is 3.26. The molecule has 5 heteroatoms. The predicted molar refractivity (Wildman–Crippen MR) is 71.0 cm³/mol. The summed E-state index contributed by atoms with van der Waals surface area (Å²) in [6.45, 7) is 0.0299. The topological polar surface area (TPSA) is 47.3 Å². The fourth-order valence-corrected chi connectivity index (χ4v) is 2.09. The Bertz CT molecular complexity index is 552. The number of para-hydroxylation sites is 1. The van der Waals surface area contributed by atoms with Gasteiger partial charge in [-0.3, -0.25) is 0 Å². The molecule has 4 nitrogen and oxygen atoms in total. The van der Waals surface area contributed by atoms with Crippen molar-refractivity contribution in [3.8, 4) is 17.1 Å². The van der Waals surface area contributed by atoms with Crippen LogP contribution >= 0.6 is 11.6 Å². The van der Waals surface area contributed by atoms with Gasteiger partial charge in [-0.05, 0) is 12.1 Å². The zero-order chi connectivity index (χ0) is 13.1. The molecule has 2 rings (SSSR count). The lowest BCUT2D eigenvalue weighted by Gasteiger charge is -2.07. The Labute approximate surface area is 111 Å². The Kier molecular flexibility index (Phi) is 3.89. The van der Waals surface area contributed by atoms with Gasteiger partial charge in [-0.15, -0.1) is 0 Å². The highest BCUT2D eigenvalue weighted by Gasteiger charge is 2.16. The van der Waals surface area contributed by atoms with Crippen LogP contribution in [0.3, 0.4) is 0 Å². The van der Waals surface area contributed by atoms with Crippen LogP contribution in [-0.4, -0.2) is 28.4 Å². The van der Waals surface area contributed by atoms with Crippen LogP contribution in [0.1, 0.15) is 5.69 Å². The van der Waals surface area contributed by atoms with Gasteiger partial charge >= 0.3 is 0 Å². The Hall–Kier alpha value is -1.52. The van der Waals surface area contributed by atoms with Crippen LogP contribution in [0, 0.1) is 0 Å². The Morgan fingerprint density at radius 2 is 2.11 bits per heavy atom. The van der Waals surface area contributed by atoms with Crippen LogP contribution in [0.15, 0.2) is 24.3 Å². The molecule has 1 aromatic heterocycles. The van der Waals surface area contributed by atoms with Crippen molar-refractivity contribution in [3.63, 3.8) is 0 Å². The Morgan fingerprint density at radius 3 is 2.78 bits per heavy atom. The van der Waals surface area contributed by atoms with Gasteiger partial charge in [0.1, 0.15) is 16.7 Å². The molecule has 0 spiro atoms. The highest BCUT2D eigenvalue weighted by Crippen LogP contribution is 2.31. The lowest BCUT2D eigenvalue weighted by atomic mass is 10.2. The molecule has 0 fully saturated rings. The summed E-state index contributed by atoms with van der Waals surface area (Å²) in [6, 6.07) is 7.64. The van der Waals surface area contributed by atoms with Crippen molar-refractivity contribution < 1.29 is 9.84 Å². The lowest BCUT2D eigenvalue weighted by Crippen LogP contribution is -1.95. The summed E-state index contributed by atoms with van der Waals surface area (Å²) < 4.78 is 7.11. The molecule has 0 amide bonds. The highest BCUT2D eigenvalue weighted by molar-refractivity contribution is 6.30. The van der Waals surface area contributed by atoms with Crippen LogP contribution < -0.4 is 4.74 Å². The van der Waals surface area contributed by atoms with Gasteiger partial charge in [-0.25, -0.2) is 4.98 Å². The Balaban J connectivity index is 2.54. The number of hydrogen-bond donors (Lipinski definition) is 1. The number of aromatic nitrogens is 2. The molecule has 0 aliphatic heterocycles. The summed E-state index contributed by atoms with van der Waals surface area (Å²) in [7, 11) is 3.47. The second kappa shape index (κ2) is 5.42. The highest BCUT2D eigenvalue weighted by atomic mass is 35.5. The van der Waals surface area contributed by atoms with Crippen LogP contribution in [-0.2, 0) is 13.5 Å². The summed E-state index contributed by atoms with van der Waals surface area (Å²) in [5, 5.41) is 9.53. The van der Waals surface area contributed by atoms with Crippen molar-refractivity contribution in [3.05, 3.63) is 35.1 Å². The summed E-state index contributed by atoms with van der Waals surface area (Å²) in [6.07, 6.45) is 0.446. The second-order valence-electron chi connectivity index (χ2n) is 3.91. The van der Waals surface area contributed by atoms with E-state index >= 15 is 0 Å². The van der Waals surface area contributed by atoms with Crippen molar-refractivity contribution >= 4 is 11.6 Å². The van der Waals surface area contributed by atoms with Crippen LogP contribution in [0.25, 0.3) is 11.4 Å². The molecule has 2 aromatic rings. The third-order valence-electron chi connectivity index (χ3n) is 2.79. The largest absolute Gasteiger partial charge is 0.496 e. The number of hydrogen-bond acceptors (Lipinski definition) is 3. The van der Waals surface area contributed by atoms with Crippen molar-refractivity contribution in [2.75, 3.05) is 13.7 Å². The molecular formula is C13H15ClN2O2. The summed E-state index contributed by atoms with van der Waals surface area (Å²) >= 11 is 6.19. The maximum Gasteiger partial charge on any atom is 0.144 e. The molecule has 0 bridgehead atoms. The maximum atomic E-state index is 8.98. The van der Waals surface area contributed by atoms with E-state index < -0.39 is 0 Å². The molecule has 1 heterocycles. The van der Waals surface area contributed by atoms with Crippen molar-refractivity contribution in [2.45, 2.75) is 6.42 Å². The van der Waals surface area contributed by atoms with Gasteiger partial charge < -0.3 is 14.4 Å². The van der Waals surface area contributed by atoms with E-state index in [-0.39, 0.29) is 6.61 Å². The average Bonchev–Trinajstić information content (AvgIpc) is 2.67. The lowest BCUT2D eigenvalue weighted by molar-refractivity contribution is 0.298. The van der Waals surface area contributed by atoms with E-state index in [9.17, 15) is 0 Å². The van der Waals surface area contributed by atoms with Gasteiger partial charge in [0, 0.05) is 20.1 Å². The van der Waals surface area contributed by atoms with Crippen LogP contribution in [0.2, 0.25) is 5.15 Å². The molecular weight excluding hydrogens is 252 g/mol. The van der Waals surface area contributed by atoms with E-state index in [1.165, 1.54) is 0 Å². The zero-order valence-electron chi connectivity index (χ0n) is 10.4. The van der Waals surface area contributed by atoms with Crippen LogP contribution in [0.5, 0.6) is 5.75 Å². The van der Waals surface area contributed by atoms with Gasteiger partial charge in [0.25, 0.3) is 0 Å². The molecule has 0 radical (unpaired) electrons. The number of aliphatic hydroxyl groups is 1. The van der Waals surface area contributed by atoms with E-state index in [0.717, 1.165) is 17.1 Å². The van der Waals surface area contributed by atoms with Crippen LogP contribution in [0.4, 0.5) is 0 Å². The van der Waals surface area contributed by atoms with Crippen molar-refractivity contribution in [2.24, 2.45) is 7.05 Å². The summed E-state index contributed by atoms with van der Waals surface area (Å²) in [4.78, 5) is 4.47. The minimum atomic E-state index is 0.0299. The predicted octanol–water partition coefficient (Wildman–Crippen LogP) is 2.28. The number of methoxy groups -OCH3 is 1. The molecule has 0 atom stereocenters. The van der Waals surface area contributed by atoms with Gasteiger partial charge in [-0.1, -0.05) is 23.7 Å². The first-order chi connectivity index (χ1) is 8.69. The first kappa shape index (κ1) is 12.9. The number of rotatable bonds is 4. The second-order valence-corrected chi connectivity index (χ2v) is 4.26. The fourth-order valence-electron chi connectivity index (χ4n) is 1.87. The standard InChI is InChI=1S/C13H15ClN2O2/c1-16-12(14)10(7-8-17)15-13(16)9-5-3-4-6-11(9)18-2/h3-6,17H,7-8H2,1-2H3. The van der Waals surface area contributed by atoms with E-state index in [1.54, 1.807) is 11.7 Å². The van der Waals surface area contributed by atoms with Gasteiger partial charge in [0.2, 0.25) is 0 Å². The fraction of sp³-hybridized carbons (Fsp3) is 0.308. The summed E-state index contributed by atoms with van der Waals surface area (Å²) in [5.41, 5.74) is 1.58. The number of imidazole rings is 1. The smallest absolute Gasteiger partial charge is 0.144 e. The monoisotopic (exact) mass is 266 g/mol. The van der Waals surface area contributed by atoms with E-state index in [4.69, 9.17) is 21.4 Å². The molecule has 0 aliphatic carbocycles. The van der Waals surface area contributed by atoms with Gasteiger partial charge in [0.05, 0.1) is 18.4 Å². The Morgan fingerprint density at radius 1 is 1.39 bits per heavy atom. The van der Waals surface area contributed by atoms with E-state index in [0.29, 0.717) is 17.3 Å². The zero-order valence-corrected chi connectivity index (χ0v) is 11.1. The molecule has 0 unspecified atom stereocenters. The van der Waals surface area contributed by atoms with E-state index in [2.05, 4.69) is 4.98 Å². The molecule has 0 saturated carbocycles. The number of nitrogens with zero attached hydrogens (tertiary/aromatic N) is 2. The maximum absolute atomic E-state index is 8.98. The molecule has 96 valence electrons. The third kappa shape index (κ3) is 2.21. The molecule has 0 saturated heterocycles. The minimum absolute atomic E-state index is 0.0299. The van der Waals surface area contributed by atoms with Crippen molar-refractivity contribution in [1.29, 1.82) is 0 Å². The quantitative estimate of drug-likeness (QED) is 0.924.